The number of carbonyl (C=O) groups excluding carboxylic acids is 3. The van der Waals surface area contributed by atoms with E-state index in [-0.39, 0.29) is 30.5 Å². The Kier molecular flexibility index (Phi) is 8.86. The van der Waals surface area contributed by atoms with Gasteiger partial charge in [0.05, 0.1) is 18.1 Å². The lowest BCUT2D eigenvalue weighted by molar-refractivity contribution is -0.152. The van der Waals surface area contributed by atoms with Crippen molar-refractivity contribution in [2.45, 2.75) is 38.6 Å². The van der Waals surface area contributed by atoms with Crippen molar-refractivity contribution in [1.29, 1.82) is 0 Å². The number of halogens is 2. The Bertz CT molecular complexity index is 714. The number of hydrogen-bond donors (Lipinski definition) is 1. The van der Waals surface area contributed by atoms with Crippen LogP contribution >= 0.6 is 23.2 Å². The Balaban J connectivity index is 1.93. The zero-order valence-corrected chi connectivity index (χ0v) is 17.2. The molecule has 1 heterocycles. The summed E-state index contributed by atoms with van der Waals surface area (Å²) in [6, 6.07) is 3.75. The molecule has 1 unspecified atom stereocenters. The molecule has 1 N–H and O–H groups in total. The summed E-state index contributed by atoms with van der Waals surface area (Å²) in [7, 11) is 0. The lowest BCUT2D eigenvalue weighted by Crippen LogP contribution is -2.58. The van der Waals surface area contributed by atoms with E-state index in [1.807, 2.05) is 0 Å². The van der Waals surface area contributed by atoms with Gasteiger partial charge < -0.3 is 19.7 Å². The fourth-order valence-electron chi connectivity index (χ4n) is 2.79. The summed E-state index contributed by atoms with van der Waals surface area (Å²) in [5.74, 6) is -0.982. The van der Waals surface area contributed by atoms with Gasteiger partial charge in [-0.05, 0) is 24.6 Å². The highest BCUT2D eigenvalue weighted by Gasteiger charge is 2.35. The molecule has 0 radical (unpaired) electrons. The Labute approximate surface area is 174 Å². The first-order valence-electron chi connectivity index (χ1n) is 9.23. The summed E-state index contributed by atoms with van der Waals surface area (Å²) in [4.78, 5) is 38.2. The van der Waals surface area contributed by atoms with Crippen LogP contribution in [-0.2, 0) is 19.1 Å². The average Bonchev–Trinajstić information content (AvgIpc) is 2.66. The van der Waals surface area contributed by atoms with Crippen LogP contribution < -0.4 is 10.1 Å². The van der Waals surface area contributed by atoms with Crippen LogP contribution in [0.15, 0.2) is 18.2 Å². The Morgan fingerprint density at radius 3 is 2.79 bits per heavy atom. The van der Waals surface area contributed by atoms with Crippen molar-refractivity contribution < 1.29 is 23.9 Å². The molecule has 2 amide bonds. The molecule has 9 heteroatoms. The summed E-state index contributed by atoms with van der Waals surface area (Å²) in [5, 5.41) is 3.40. The van der Waals surface area contributed by atoms with Gasteiger partial charge in [-0.2, -0.15) is 0 Å². The average molecular weight is 431 g/mol. The van der Waals surface area contributed by atoms with Crippen LogP contribution in [0.25, 0.3) is 0 Å². The van der Waals surface area contributed by atoms with E-state index in [4.69, 9.17) is 32.7 Å². The summed E-state index contributed by atoms with van der Waals surface area (Å²) in [5.41, 5.74) is 0. The monoisotopic (exact) mass is 430 g/mol. The van der Waals surface area contributed by atoms with Gasteiger partial charge in [0, 0.05) is 18.1 Å². The third-order valence-electron chi connectivity index (χ3n) is 4.27. The van der Waals surface area contributed by atoms with Gasteiger partial charge in [0.2, 0.25) is 5.91 Å². The maximum absolute atomic E-state index is 12.6. The molecule has 1 atom stereocenters. The van der Waals surface area contributed by atoms with E-state index in [0.29, 0.717) is 23.9 Å². The van der Waals surface area contributed by atoms with Crippen LogP contribution in [0, 0.1) is 0 Å². The van der Waals surface area contributed by atoms with Crippen molar-refractivity contribution >= 4 is 41.0 Å². The van der Waals surface area contributed by atoms with Crippen molar-refractivity contribution in [2.75, 3.05) is 26.3 Å². The highest BCUT2D eigenvalue weighted by Crippen LogP contribution is 2.27. The van der Waals surface area contributed by atoms with Gasteiger partial charge >= 0.3 is 5.97 Å². The van der Waals surface area contributed by atoms with Crippen molar-refractivity contribution in [3.63, 3.8) is 0 Å². The molecule has 1 aromatic carbocycles. The second-order valence-electron chi connectivity index (χ2n) is 6.39. The number of ether oxygens (including phenoxy) is 2. The maximum Gasteiger partial charge on any atom is 0.308 e. The molecule has 1 saturated heterocycles. The van der Waals surface area contributed by atoms with Gasteiger partial charge in [-0.1, -0.05) is 43.0 Å². The second-order valence-corrected chi connectivity index (χ2v) is 7.23. The highest BCUT2D eigenvalue weighted by molar-refractivity contribution is 6.35. The van der Waals surface area contributed by atoms with Crippen LogP contribution in [0.3, 0.4) is 0 Å². The number of rotatable bonds is 9. The molecule has 28 heavy (non-hydrogen) atoms. The van der Waals surface area contributed by atoms with Crippen LogP contribution in [0.5, 0.6) is 5.75 Å². The van der Waals surface area contributed by atoms with Gasteiger partial charge in [-0.15, -0.1) is 0 Å². The molecule has 1 aliphatic rings. The molecule has 0 bridgehead atoms. The van der Waals surface area contributed by atoms with Crippen LogP contribution in [0.4, 0.5) is 0 Å². The molecule has 1 aliphatic heterocycles. The van der Waals surface area contributed by atoms with Crippen LogP contribution in [-0.4, -0.2) is 55.0 Å². The fourth-order valence-corrected chi connectivity index (χ4v) is 3.25. The van der Waals surface area contributed by atoms with Crippen molar-refractivity contribution in [1.82, 2.24) is 10.2 Å². The smallest absolute Gasteiger partial charge is 0.308 e. The topological polar surface area (TPSA) is 84.9 Å². The van der Waals surface area contributed by atoms with Gasteiger partial charge in [0.1, 0.15) is 11.8 Å². The molecule has 1 fully saturated rings. The largest absolute Gasteiger partial charge is 0.482 e. The third-order valence-corrected chi connectivity index (χ3v) is 4.80. The van der Waals surface area contributed by atoms with Gasteiger partial charge in [-0.3, -0.25) is 14.4 Å². The van der Waals surface area contributed by atoms with E-state index in [9.17, 15) is 14.4 Å². The van der Waals surface area contributed by atoms with Gasteiger partial charge in [0.25, 0.3) is 5.91 Å². The highest BCUT2D eigenvalue weighted by atomic mass is 35.5. The first-order chi connectivity index (χ1) is 13.4. The predicted molar refractivity (Wildman–Crippen MR) is 106 cm³/mol. The van der Waals surface area contributed by atoms with E-state index in [1.54, 1.807) is 12.1 Å². The van der Waals surface area contributed by atoms with Crippen LogP contribution in [0.1, 0.15) is 32.6 Å². The minimum Gasteiger partial charge on any atom is -0.482 e. The summed E-state index contributed by atoms with van der Waals surface area (Å²) in [6.07, 6.45) is 2.57. The number of unbranched alkanes of at least 4 members (excludes halogenated alkanes) is 2. The van der Waals surface area contributed by atoms with Crippen molar-refractivity contribution in [3.8, 4) is 5.75 Å². The molecular formula is C19H24Cl2N2O5. The Morgan fingerprint density at radius 1 is 1.29 bits per heavy atom. The maximum atomic E-state index is 12.6. The summed E-state index contributed by atoms with van der Waals surface area (Å²) >= 11 is 11.9. The number of carbonyl (C=O) groups is 3. The molecule has 0 spiro atoms. The molecule has 7 nitrogen and oxygen atoms in total. The zero-order valence-electron chi connectivity index (χ0n) is 15.7. The Morgan fingerprint density at radius 2 is 2.07 bits per heavy atom. The van der Waals surface area contributed by atoms with Crippen molar-refractivity contribution in [3.05, 3.63) is 28.2 Å². The first-order valence-corrected chi connectivity index (χ1v) is 9.98. The molecule has 0 aromatic heterocycles. The zero-order chi connectivity index (χ0) is 20.5. The SMILES string of the molecule is CCCCCOC(=O)CC1C(=O)NCCN1C(=O)COc1ccc(Cl)cc1Cl. The van der Waals surface area contributed by atoms with E-state index in [2.05, 4.69) is 12.2 Å². The predicted octanol–water partition coefficient (Wildman–Crippen LogP) is 2.82. The number of nitrogens with one attached hydrogen (secondary N) is 1. The van der Waals surface area contributed by atoms with E-state index in [1.165, 1.54) is 11.0 Å². The quantitative estimate of drug-likeness (QED) is 0.480. The normalized spacial score (nSPS) is 16.5. The standard InChI is InChI=1S/C19H24Cl2N2O5/c1-2-3-4-9-27-18(25)11-15-19(26)22-7-8-23(15)17(24)12-28-16-6-5-13(20)10-14(16)21/h5-6,10,15H,2-4,7-9,11-12H2,1H3,(H,22,26). The lowest BCUT2D eigenvalue weighted by Gasteiger charge is -2.34. The molecule has 0 saturated carbocycles. The molecular weight excluding hydrogens is 407 g/mol. The Hall–Kier alpha value is -1.99. The summed E-state index contributed by atoms with van der Waals surface area (Å²) in [6.45, 7) is 2.66. The number of nitrogens with zero attached hydrogens (tertiary/aromatic N) is 1. The number of esters is 1. The van der Waals surface area contributed by atoms with Crippen molar-refractivity contribution in [2.24, 2.45) is 0 Å². The third kappa shape index (κ3) is 6.56. The molecule has 0 aliphatic carbocycles. The first kappa shape index (κ1) is 22.3. The van der Waals surface area contributed by atoms with Gasteiger partial charge in [-0.25, -0.2) is 0 Å². The minimum atomic E-state index is -0.913. The minimum absolute atomic E-state index is 0.189. The number of hydrogen-bond acceptors (Lipinski definition) is 5. The number of benzene rings is 1. The summed E-state index contributed by atoms with van der Waals surface area (Å²) < 4.78 is 10.6. The lowest BCUT2D eigenvalue weighted by atomic mass is 10.1. The van der Waals surface area contributed by atoms with E-state index < -0.39 is 17.9 Å². The number of piperazine rings is 1. The van der Waals surface area contributed by atoms with E-state index in [0.717, 1.165) is 19.3 Å². The molecule has 154 valence electrons. The van der Waals surface area contributed by atoms with E-state index >= 15 is 0 Å². The molecule has 1 aromatic rings. The van der Waals surface area contributed by atoms with Gasteiger partial charge in [0.15, 0.2) is 6.61 Å². The number of amides is 2. The molecule has 2 rings (SSSR count). The van der Waals surface area contributed by atoms with Crippen LogP contribution in [0.2, 0.25) is 10.0 Å². The second kappa shape index (κ2) is 11.1. The fraction of sp³-hybridized carbons (Fsp3) is 0.526.